The van der Waals surface area contributed by atoms with Crippen molar-refractivity contribution in [3.8, 4) is 0 Å². The summed E-state index contributed by atoms with van der Waals surface area (Å²) in [7, 11) is 0. The fraction of sp³-hybridized carbons (Fsp3) is 0.526. The standard InChI is InChI=1S/C19H26ClN3O4/c1-4-27-19(26)22-11-9-21(10-12-22)18(25)7-8-23(15(3)24)16-6-5-14(2)17(20)13-16/h5-6,13H,4,7-12H2,1-3H3. The molecule has 1 aromatic carbocycles. The van der Waals surface area contributed by atoms with Crippen LogP contribution in [0, 0.1) is 6.92 Å². The molecule has 8 heteroatoms. The van der Waals surface area contributed by atoms with Crippen molar-refractivity contribution < 1.29 is 19.1 Å². The van der Waals surface area contributed by atoms with E-state index < -0.39 is 0 Å². The Balaban J connectivity index is 1.90. The van der Waals surface area contributed by atoms with Crippen molar-refractivity contribution >= 4 is 35.2 Å². The first-order valence-electron chi connectivity index (χ1n) is 9.07. The molecule has 0 spiro atoms. The number of nitrogens with zero attached hydrogens (tertiary/aromatic N) is 3. The molecule has 0 N–H and O–H groups in total. The second-order valence-corrected chi connectivity index (χ2v) is 6.83. The van der Waals surface area contributed by atoms with Crippen LogP contribution in [-0.4, -0.2) is 67.0 Å². The van der Waals surface area contributed by atoms with Crippen molar-refractivity contribution in [2.24, 2.45) is 0 Å². The summed E-state index contributed by atoms with van der Waals surface area (Å²) in [6.07, 6.45) is -0.131. The molecule has 27 heavy (non-hydrogen) atoms. The summed E-state index contributed by atoms with van der Waals surface area (Å²) >= 11 is 6.15. The van der Waals surface area contributed by atoms with E-state index in [4.69, 9.17) is 16.3 Å². The molecule has 1 aliphatic rings. The highest BCUT2D eigenvalue weighted by Gasteiger charge is 2.25. The van der Waals surface area contributed by atoms with Crippen LogP contribution < -0.4 is 4.90 Å². The van der Waals surface area contributed by atoms with Gasteiger partial charge < -0.3 is 19.4 Å². The summed E-state index contributed by atoms with van der Waals surface area (Å²) in [5.74, 6) is -0.183. The molecule has 0 unspecified atom stereocenters. The van der Waals surface area contributed by atoms with Gasteiger partial charge in [0.15, 0.2) is 0 Å². The topological polar surface area (TPSA) is 70.2 Å². The lowest BCUT2D eigenvalue weighted by Gasteiger charge is -2.34. The number of amides is 3. The summed E-state index contributed by atoms with van der Waals surface area (Å²) in [6.45, 7) is 7.58. The monoisotopic (exact) mass is 395 g/mol. The van der Waals surface area contributed by atoms with Gasteiger partial charge in [-0.25, -0.2) is 4.79 Å². The maximum absolute atomic E-state index is 12.5. The molecular weight excluding hydrogens is 370 g/mol. The predicted molar refractivity (Wildman–Crippen MR) is 104 cm³/mol. The SMILES string of the molecule is CCOC(=O)N1CCN(C(=O)CCN(C(C)=O)c2ccc(C)c(Cl)c2)CC1. The molecule has 148 valence electrons. The van der Waals surface area contributed by atoms with Gasteiger partial charge >= 0.3 is 6.09 Å². The number of halogens is 1. The largest absolute Gasteiger partial charge is 0.450 e. The molecule has 3 amide bonds. The lowest BCUT2D eigenvalue weighted by molar-refractivity contribution is -0.132. The first-order chi connectivity index (χ1) is 12.8. The van der Waals surface area contributed by atoms with Crippen molar-refractivity contribution in [2.45, 2.75) is 27.2 Å². The van der Waals surface area contributed by atoms with Crippen LogP contribution in [0.2, 0.25) is 5.02 Å². The van der Waals surface area contributed by atoms with Gasteiger partial charge in [-0.15, -0.1) is 0 Å². The van der Waals surface area contributed by atoms with Gasteiger partial charge in [0.05, 0.1) is 6.61 Å². The molecule has 0 atom stereocenters. The fourth-order valence-corrected chi connectivity index (χ4v) is 3.11. The second kappa shape index (κ2) is 9.60. The van der Waals surface area contributed by atoms with Crippen molar-refractivity contribution in [1.82, 2.24) is 9.80 Å². The van der Waals surface area contributed by atoms with Crippen LogP contribution >= 0.6 is 11.6 Å². The number of carbonyl (C=O) groups excluding carboxylic acids is 3. The molecular formula is C19H26ClN3O4. The van der Waals surface area contributed by atoms with Crippen LogP contribution in [0.15, 0.2) is 18.2 Å². The Morgan fingerprint density at radius 2 is 1.78 bits per heavy atom. The first kappa shape index (κ1) is 21.0. The Labute approximate surface area is 164 Å². The van der Waals surface area contributed by atoms with E-state index in [0.29, 0.717) is 43.5 Å². The molecule has 1 aromatic rings. The maximum Gasteiger partial charge on any atom is 0.409 e. The van der Waals surface area contributed by atoms with Gasteiger partial charge in [-0.3, -0.25) is 9.59 Å². The Hall–Kier alpha value is -2.28. The van der Waals surface area contributed by atoms with Gasteiger partial charge in [-0.2, -0.15) is 0 Å². The first-order valence-corrected chi connectivity index (χ1v) is 9.45. The minimum absolute atomic E-state index is 0.0389. The highest BCUT2D eigenvalue weighted by atomic mass is 35.5. The Bertz CT molecular complexity index is 702. The Morgan fingerprint density at radius 3 is 2.33 bits per heavy atom. The van der Waals surface area contributed by atoms with Crippen LogP contribution in [0.3, 0.4) is 0 Å². The molecule has 2 rings (SSSR count). The molecule has 0 radical (unpaired) electrons. The van der Waals surface area contributed by atoms with Gasteiger partial charge in [-0.05, 0) is 31.5 Å². The van der Waals surface area contributed by atoms with Crippen molar-refractivity contribution in [2.75, 3.05) is 44.2 Å². The van der Waals surface area contributed by atoms with E-state index in [1.807, 2.05) is 19.1 Å². The number of anilines is 1. The Morgan fingerprint density at radius 1 is 1.15 bits per heavy atom. The minimum atomic E-state index is -0.344. The van der Waals surface area contributed by atoms with Crippen molar-refractivity contribution in [1.29, 1.82) is 0 Å². The minimum Gasteiger partial charge on any atom is -0.450 e. The van der Waals surface area contributed by atoms with Gasteiger partial charge in [0.1, 0.15) is 0 Å². The third-order valence-electron chi connectivity index (χ3n) is 4.55. The van der Waals surface area contributed by atoms with E-state index in [9.17, 15) is 14.4 Å². The van der Waals surface area contributed by atoms with Crippen LogP contribution in [0.4, 0.5) is 10.5 Å². The molecule has 0 bridgehead atoms. The third kappa shape index (κ3) is 5.60. The second-order valence-electron chi connectivity index (χ2n) is 6.42. The van der Waals surface area contributed by atoms with Gasteiger partial charge in [0.2, 0.25) is 11.8 Å². The average Bonchev–Trinajstić information content (AvgIpc) is 2.64. The Kier molecular flexibility index (Phi) is 7.47. The van der Waals surface area contributed by atoms with Crippen LogP contribution in [0.1, 0.15) is 25.8 Å². The van der Waals surface area contributed by atoms with Crippen molar-refractivity contribution in [3.63, 3.8) is 0 Å². The molecule has 0 aliphatic carbocycles. The number of carbonyl (C=O) groups is 3. The van der Waals surface area contributed by atoms with Gasteiger partial charge in [-0.1, -0.05) is 17.7 Å². The summed E-state index contributed by atoms with van der Waals surface area (Å²) < 4.78 is 4.98. The molecule has 0 saturated carbocycles. The number of ether oxygens (including phenoxy) is 1. The molecule has 0 aromatic heterocycles. The van der Waals surface area contributed by atoms with E-state index in [2.05, 4.69) is 0 Å². The highest BCUT2D eigenvalue weighted by molar-refractivity contribution is 6.31. The maximum atomic E-state index is 12.5. The lowest BCUT2D eigenvalue weighted by Crippen LogP contribution is -2.51. The molecule has 1 fully saturated rings. The number of rotatable bonds is 5. The number of benzene rings is 1. The molecule has 1 aliphatic heterocycles. The van der Waals surface area contributed by atoms with Crippen LogP contribution in [0.25, 0.3) is 0 Å². The van der Waals surface area contributed by atoms with E-state index in [1.54, 1.807) is 27.7 Å². The summed E-state index contributed by atoms with van der Waals surface area (Å²) in [5.41, 5.74) is 1.61. The van der Waals surface area contributed by atoms with Gasteiger partial charge in [0, 0.05) is 56.8 Å². The number of piperazine rings is 1. The van der Waals surface area contributed by atoms with E-state index >= 15 is 0 Å². The summed E-state index contributed by atoms with van der Waals surface area (Å²) in [4.78, 5) is 41.1. The number of hydrogen-bond donors (Lipinski definition) is 0. The van der Waals surface area contributed by atoms with E-state index in [-0.39, 0.29) is 30.9 Å². The van der Waals surface area contributed by atoms with Crippen molar-refractivity contribution in [3.05, 3.63) is 28.8 Å². The lowest BCUT2D eigenvalue weighted by atomic mass is 10.2. The molecule has 1 heterocycles. The molecule has 1 saturated heterocycles. The smallest absolute Gasteiger partial charge is 0.409 e. The van der Waals surface area contributed by atoms with E-state index in [0.717, 1.165) is 5.56 Å². The predicted octanol–water partition coefficient (Wildman–Crippen LogP) is 2.69. The summed E-state index contributed by atoms with van der Waals surface area (Å²) in [5, 5.41) is 0.583. The molecule has 7 nitrogen and oxygen atoms in total. The van der Waals surface area contributed by atoms with Gasteiger partial charge in [0.25, 0.3) is 0 Å². The zero-order valence-corrected chi connectivity index (χ0v) is 16.8. The normalized spacial score (nSPS) is 14.1. The summed E-state index contributed by atoms with van der Waals surface area (Å²) in [6, 6.07) is 5.41. The fourth-order valence-electron chi connectivity index (χ4n) is 2.94. The van der Waals surface area contributed by atoms with E-state index in [1.165, 1.54) is 6.92 Å². The highest BCUT2D eigenvalue weighted by Crippen LogP contribution is 2.23. The quantitative estimate of drug-likeness (QED) is 0.768. The van der Waals surface area contributed by atoms with Crippen LogP contribution in [0.5, 0.6) is 0 Å². The van der Waals surface area contributed by atoms with Crippen LogP contribution in [-0.2, 0) is 14.3 Å². The number of aryl methyl sites for hydroxylation is 1. The number of hydrogen-bond acceptors (Lipinski definition) is 4. The zero-order chi connectivity index (χ0) is 20.0. The third-order valence-corrected chi connectivity index (χ3v) is 4.96. The zero-order valence-electron chi connectivity index (χ0n) is 16.0. The average molecular weight is 396 g/mol.